The Hall–Kier alpha value is -1.83. The van der Waals surface area contributed by atoms with Gasteiger partial charge in [0.15, 0.2) is 0 Å². The maximum Gasteiger partial charge on any atom is 0.126 e. The molecule has 0 saturated carbocycles. The standard InChI is InChI=1S/C15H18N2/c1-10-4-11(2)6-13(5-10)8-14-7-12(3)9-17-15(14)16/h4-7,9H,8H2,1-3H3,(H2,16,17). The fourth-order valence-corrected chi connectivity index (χ4v) is 2.17. The predicted molar refractivity (Wildman–Crippen MR) is 72.1 cm³/mol. The Morgan fingerprint density at radius 1 is 0.941 bits per heavy atom. The van der Waals surface area contributed by atoms with E-state index < -0.39 is 0 Å². The summed E-state index contributed by atoms with van der Waals surface area (Å²) in [4.78, 5) is 4.20. The Morgan fingerprint density at radius 3 is 2.24 bits per heavy atom. The van der Waals surface area contributed by atoms with E-state index in [1.165, 1.54) is 16.7 Å². The number of nitrogens with two attached hydrogens (primary N) is 1. The van der Waals surface area contributed by atoms with E-state index in [4.69, 9.17) is 5.73 Å². The lowest BCUT2D eigenvalue weighted by molar-refractivity contribution is 1.12. The van der Waals surface area contributed by atoms with Crippen LogP contribution in [0.4, 0.5) is 5.82 Å². The zero-order valence-corrected chi connectivity index (χ0v) is 10.6. The topological polar surface area (TPSA) is 38.9 Å². The number of benzene rings is 1. The minimum atomic E-state index is 0.634. The van der Waals surface area contributed by atoms with Gasteiger partial charge in [-0.05, 0) is 37.5 Å². The van der Waals surface area contributed by atoms with Gasteiger partial charge in [0.05, 0.1) is 0 Å². The van der Waals surface area contributed by atoms with Crippen LogP contribution in [0.5, 0.6) is 0 Å². The van der Waals surface area contributed by atoms with E-state index in [2.05, 4.69) is 43.1 Å². The minimum absolute atomic E-state index is 0.634. The lowest BCUT2D eigenvalue weighted by Crippen LogP contribution is -2.00. The number of nitrogens with zero attached hydrogens (tertiary/aromatic N) is 1. The van der Waals surface area contributed by atoms with Gasteiger partial charge in [-0.1, -0.05) is 35.4 Å². The van der Waals surface area contributed by atoms with Gasteiger partial charge < -0.3 is 5.73 Å². The van der Waals surface area contributed by atoms with Gasteiger partial charge in [-0.25, -0.2) is 4.98 Å². The highest BCUT2D eigenvalue weighted by atomic mass is 14.8. The van der Waals surface area contributed by atoms with E-state index >= 15 is 0 Å². The molecule has 0 amide bonds. The van der Waals surface area contributed by atoms with Crippen LogP contribution < -0.4 is 5.73 Å². The molecule has 0 saturated heterocycles. The molecule has 2 N–H and O–H groups in total. The van der Waals surface area contributed by atoms with Crippen molar-refractivity contribution in [2.75, 3.05) is 5.73 Å². The average Bonchev–Trinajstić information content (AvgIpc) is 2.22. The Morgan fingerprint density at radius 2 is 1.59 bits per heavy atom. The summed E-state index contributed by atoms with van der Waals surface area (Å²) in [6.45, 7) is 6.28. The van der Waals surface area contributed by atoms with E-state index in [0.717, 1.165) is 17.5 Å². The first-order chi connectivity index (χ1) is 8.04. The van der Waals surface area contributed by atoms with Crippen molar-refractivity contribution in [3.63, 3.8) is 0 Å². The van der Waals surface area contributed by atoms with E-state index in [1.807, 2.05) is 6.92 Å². The van der Waals surface area contributed by atoms with E-state index in [-0.39, 0.29) is 0 Å². The second-order valence-electron chi connectivity index (χ2n) is 4.73. The fraction of sp³-hybridized carbons (Fsp3) is 0.267. The summed E-state index contributed by atoms with van der Waals surface area (Å²) in [6.07, 6.45) is 2.66. The van der Waals surface area contributed by atoms with Crippen LogP contribution in [-0.4, -0.2) is 4.98 Å². The lowest BCUT2D eigenvalue weighted by Gasteiger charge is -2.08. The summed E-state index contributed by atoms with van der Waals surface area (Å²) >= 11 is 0. The van der Waals surface area contributed by atoms with E-state index in [1.54, 1.807) is 6.20 Å². The third-order valence-electron chi connectivity index (χ3n) is 2.81. The van der Waals surface area contributed by atoms with Crippen molar-refractivity contribution < 1.29 is 0 Å². The van der Waals surface area contributed by atoms with E-state index in [0.29, 0.717) is 5.82 Å². The van der Waals surface area contributed by atoms with Crippen molar-refractivity contribution in [3.8, 4) is 0 Å². The van der Waals surface area contributed by atoms with Gasteiger partial charge in [-0.15, -0.1) is 0 Å². The number of pyridine rings is 1. The molecule has 1 aromatic heterocycles. The van der Waals surface area contributed by atoms with Crippen molar-refractivity contribution in [1.82, 2.24) is 4.98 Å². The number of hydrogen-bond donors (Lipinski definition) is 1. The van der Waals surface area contributed by atoms with Crippen molar-refractivity contribution in [1.29, 1.82) is 0 Å². The molecule has 2 heteroatoms. The monoisotopic (exact) mass is 226 g/mol. The zero-order valence-electron chi connectivity index (χ0n) is 10.6. The van der Waals surface area contributed by atoms with Crippen LogP contribution in [0.25, 0.3) is 0 Å². The molecule has 0 radical (unpaired) electrons. The van der Waals surface area contributed by atoms with Crippen LogP contribution in [0, 0.1) is 20.8 Å². The van der Waals surface area contributed by atoms with E-state index in [9.17, 15) is 0 Å². The molecule has 0 aliphatic carbocycles. The van der Waals surface area contributed by atoms with Crippen LogP contribution in [0.1, 0.15) is 27.8 Å². The summed E-state index contributed by atoms with van der Waals surface area (Å²) in [6, 6.07) is 8.70. The van der Waals surface area contributed by atoms with Crippen LogP contribution in [-0.2, 0) is 6.42 Å². The van der Waals surface area contributed by atoms with Gasteiger partial charge in [0.1, 0.15) is 5.82 Å². The molecule has 0 spiro atoms. The molecule has 2 rings (SSSR count). The van der Waals surface area contributed by atoms with Crippen LogP contribution in [0.15, 0.2) is 30.5 Å². The first kappa shape index (κ1) is 11.6. The van der Waals surface area contributed by atoms with Crippen molar-refractivity contribution >= 4 is 5.82 Å². The Labute approximate surface area is 103 Å². The summed E-state index contributed by atoms with van der Waals surface area (Å²) < 4.78 is 0. The van der Waals surface area contributed by atoms with Gasteiger partial charge in [0.2, 0.25) is 0 Å². The minimum Gasteiger partial charge on any atom is -0.383 e. The molecule has 88 valence electrons. The molecule has 0 aliphatic rings. The molecule has 2 aromatic rings. The third kappa shape index (κ3) is 2.84. The van der Waals surface area contributed by atoms with Crippen molar-refractivity contribution in [3.05, 3.63) is 58.3 Å². The molecule has 17 heavy (non-hydrogen) atoms. The normalized spacial score (nSPS) is 10.5. The Balaban J connectivity index is 2.34. The second-order valence-corrected chi connectivity index (χ2v) is 4.73. The van der Waals surface area contributed by atoms with Crippen molar-refractivity contribution in [2.24, 2.45) is 0 Å². The summed E-state index contributed by atoms with van der Waals surface area (Å²) in [5.74, 6) is 0.634. The fourth-order valence-electron chi connectivity index (χ4n) is 2.17. The van der Waals surface area contributed by atoms with Crippen LogP contribution in [0.2, 0.25) is 0 Å². The number of aromatic nitrogens is 1. The predicted octanol–water partition coefficient (Wildman–Crippen LogP) is 3.18. The quantitative estimate of drug-likeness (QED) is 0.854. The molecule has 1 heterocycles. The van der Waals surface area contributed by atoms with Gasteiger partial charge >= 0.3 is 0 Å². The summed E-state index contributed by atoms with van der Waals surface area (Å²) in [7, 11) is 0. The molecule has 0 fully saturated rings. The van der Waals surface area contributed by atoms with Gasteiger partial charge in [-0.3, -0.25) is 0 Å². The number of rotatable bonds is 2. The average molecular weight is 226 g/mol. The first-order valence-electron chi connectivity index (χ1n) is 5.83. The highest BCUT2D eigenvalue weighted by molar-refractivity contribution is 5.44. The molecule has 0 unspecified atom stereocenters. The number of anilines is 1. The van der Waals surface area contributed by atoms with Gasteiger partial charge in [0, 0.05) is 12.6 Å². The summed E-state index contributed by atoms with van der Waals surface area (Å²) in [5.41, 5.74) is 12.0. The van der Waals surface area contributed by atoms with Gasteiger partial charge in [0.25, 0.3) is 0 Å². The maximum absolute atomic E-state index is 5.90. The number of nitrogen functional groups attached to an aromatic ring is 1. The number of aryl methyl sites for hydroxylation is 3. The highest BCUT2D eigenvalue weighted by Gasteiger charge is 2.03. The highest BCUT2D eigenvalue weighted by Crippen LogP contribution is 2.17. The van der Waals surface area contributed by atoms with Crippen LogP contribution >= 0.6 is 0 Å². The molecular weight excluding hydrogens is 208 g/mol. The molecule has 2 nitrogen and oxygen atoms in total. The smallest absolute Gasteiger partial charge is 0.126 e. The molecule has 0 bridgehead atoms. The van der Waals surface area contributed by atoms with Gasteiger partial charge in [-0.2, -0.15) is 0 Å². The number of hydrogen-bond acceptors (Lipinski definition) is 2. The molecule has 1 aromatic carbocycles. The molecule has 0 atom stereocenters. The zero-order chi connectivity index (χ0) is 12.4. The Kier molecular flexibility index (Phi) is 3.14. The largest absolute Gasteiger partial charge is 0.383 e. The molecular formula is C15H18N2. The third-order valence-corrected chi connectivity index (χ3v) is 2.81. The molecule has 0 aliphatic heterocycles. The summed E-state index contributed by atoms with van der Waals surface area (Å²) in [5, 5.41) is 0. The van der Waals surface area contributed by atoms with Crippen LogP contribution in [0.3, 0.4) is 0 Å². The SMILES string of the molecule is Cc1cc(C)cc(Cc2cc(C)cnc2N)c1. The lowest BCUT2D eigenvalue weighted by atomic mass is 10.0. The first-order valence-corrected chi connectivity index (χ1v) is 5.83. The second kappa shape index (κ2) is 4.58. The van der Waals surface area contributed by atoms with Crippen molar-refractivity contribution in [2.45, 2.75) is 27.2 Å². The maximum atomic E-state index is 5.90. The Bertz CT molecular complexity index is 524.